The summed E-state index contributed by atoms with van der Waals surface area (Å²) in [5.41, 5.74) is 1.90. The third kappa shape index (κ3) is 6.10. The molecule has 0 bridgehead atoms. The first kappa shape index (κ1) is 22.9. The second-order valence-corrected chi connectivity index (χ2v) is 8.90. The molecule has 0 saturated heterocycles. The molecule has 3 rings (SSSR count). The zero-order valence-corrected chi connectivity index (χ0v) is 18.2. The molecule has 0 aliphatic heterocycles. The summed E-state index contributed by atoms with van der Waals surface area (Å²) in [5.74, 6) is -0.0496. The van der Waals surface area contributed by atoms with Crippen LogP contribution in [0.1, 0.15) is 28.0 Å². The molecule has 31 heavy (non-hydrogen) atoms. The largest absolute Gasteiger partial charge is 0.497 e. The molecule has 2 aromatic carbocycles. The van der Waals surface area contributed by atoms with E-state index in [2.05, 4.69) is 9.71 Å². The molecular weight excluding hydrogens is 443 g/mol. The predicted molar refractivity (Wildman–Crippen MR) is 115 cm³/mol. The van der Waals surface area contributed by atoms with Gasteiger partial charge >= 0.3 is 0 Å². The highest BCUT2D eigenvalue weighted by Gasteiger charge is 2.16. The first-order chi connectivity index (χ1) is 14.8. The SMILES string of the molecule is COc1ccc(CCC(=O)c2ccc(CNS(=O)(=O)c3ccc(F)c(Cl)c3)cn2)cc1. The van der Waals surface area contributed by atoms with Gasteiger partial charge in [0.05, 0.1) is 17.0 Å². The molecule has 0 radical (unpaired) electrons. The van der Waals surface area contributed by atoms with Crippen molar-refractivity contribution in [3.05, 3.63) is 88.5 Å². The molecule has 0 amide bonds. The van der Waals surface area contributed by atoms with Gasteiger partial charge in [0.25, 0.3) is 0 Å². The molecule has 3 aromatic rings. The zero-order valence-electron chi connectivity index (χ0n) is 16.6. The zero-order chi connectivity index (χ0) is 22.4. The van der Waals surface area contributed by atoms with Crippen molar-refractivity contribution in [1.82, 2.24) is 9.71 Å². The van der Waals surface area contributed by atoms with Crippen molar-refractivity contribution in [3.8, 4) is 5.75 Å². The number of methoxy groups -OCH3 is 1. The van der Waals surface area contributed by atoms with Gasteiger partial charge in [-0.05, 0) is 53.9 Å². The lowest BCUT2D eigenvalue weighted by molar-refractivity contribution is 0.0978. The first-order valence-corrected chi connectivity index (χ1v) is 11.2. The van der Waals surface area contributed by atoms with Gasteiger partial charge in [-0.2, -0.15) is 0 Å². The molecule has 162 valence electrons. The van der Waals surface area contributed by atoms with E-state index in [1.807, 2.05) is 24.3 Å². The van der Waals surface area contributed by atoms with Crippen molar-refractivity contribution in [2.24, 2.45) is 0 Å². The Morgan fingerprint density at radius 1 is 1.10 bits per heavy atom. The Bertz CT molecular complexity index is 1170. The van der Waals surface area contributed by atoms with Crippen LogP contribution in [0, 0.1) is 5.82 Å². The fourth-order valence-electron chi connectivity index (χ4n) is 2.78. The highest BCUT2D eigenvalue weighted by atomic mass is 35.5. The maximum atomic E-state index is 13.2. The number of hydrogen-bond donors (Lipinski definition) is 1. The van der Waals surface area contributed by atoms with Crippen molar-refractivity contribution in [2.75, 3.05) is 7.11 Å². The van der Waals surface area contributed by atoms with Crippen LogP contribution in [0.15, 0.2) is 65.7 Å². The minimum absolute atomic E-state index is 0.0371. The number of Topliss-reactive ketones (excluding diaryl/α,β-unsaturated/α-hetero) is 1. The summed E-state index contributed by atoms with van der Waals surface area (Å²) >= 11 is 5.65. The van der Waals surface area contributed by atoms with Crippen molar-refractivity contribution >= 4 is 27.4 Å². The molecule has 9 heteroatoms. The number of ether oxygens (including phenoxy) is 1. The van der Waals surface area contributed by atoms with Gasteiger partial charge in [-0.1, -0.05) is 29.8 Å². The Hall–Kier alpha value is -2.81. The molecule has 0 atom stereocenters. The summed E-state index contributed by atoms with van der Waals surface area (Å²) < 4.78 is 45.4. The van der Waals surface area contributed by atoms with Crippen LogP contribution in [-0.4, -0.2) is 26.3 Å². The highest BCUT2D eigenvalue weighted by molar-refractivity contribution is 7.89. The number of rotatable bonds is 9. The number of pyridine rings is 1. The van der Waals surface area contributed by atoms with E-state index in [-0.39, 0.29) is 22.2 Å². The Kier molecular flexibility index (Phi) is 7.37. The Morgan fingerprint density at radius 2 is 1.81 bits per heavy atom. The molecule has 0 fully saturated rings. The van der Waals surface area contributed by atoms with Gasteiger partial charge in [0.1, 0.15) is 17.3 Å². The fourth-order valence-corrected chi connectivity index (χ4v) is 4.07. The fraction of sp³-hybridized carbons (Fsp3) is 0.182. The quantitative estimate of drug-likeness (QED) is 0.482. The minimum Gasteiger partial charge on any atom is -0.497 e. The Morgan fingerprint density at radius 3 is 2.42 bits per heavy atom. The second kappa shape index (κ2) is 10.00. The number of carbonyl (C=O) groups excluding carboxylic acids is 1. The summed E-state index contributed by atoms with van der Waals surface area (Å²) in [5, 5.41) is -0.276. The standard InChI is InChI=1S/C22H20ClFN2O4S/c1-30-17-6-2-15(3-7-17)5-11-22(27)21-10-4-16(13-25-21)14-26-31(28,29)18-8-9-20(24)19(23)12-18/h2-4,6-10,12-13,26H,5,11,14H2,1H3. The van der Waals surface area contributed by atoms with Crippen LogP contribution in [0.4, 0.5) is 4.39 Å². The maximum Gasteiger partial charge on any atom is 0.240 e. The smallest absolute Gasteiger partial charge is 0.240 e. The molecule has 0 spiro atoms. The number of hydrogen-bond acceptors (Lipinski definition) is 5. The van der Waals surface area contributed by atoms with Crippen LogP contribution in [0.25, 0.3) is 0 Å². The van der Waals surface area contributed by atoms with Crippen LogP contribution in [0.5, 0.6) is 5.75 Å². The topological polar surface area (TPSA) is 85.4 Å². The van der Waals surface area contributed by atoms with Crippen molar-refractivity contribution in [2.45, 2.75) is 24.3 Å². The Labute approximate surface area is 185 Å². The van der Waals surface area contributed by atoms with Crippen LogP contribution >= 0.6 is 11.6 Å². The number of ketones is 1. The number of sulfonamides is 1. The summed E-state index contributed by atoms with van der Waals surface area (Å²) in [6.07, 6.45) is 2.32. The highest BCUT2D eigenvalue weighted by Crippen LogP contribution is 2.19. The van der Waals surface area contributed by atoms with E-state index in [0.29, 0.717) is 24.1 Å². The van der Waals surface area contributed by atoms with E-state index in [1.165, 1.54) is 6.20 Å². The van der Waals surface area contributed by atoms with E-state index < -0.39 is 15.8 Å². The first-order valence-electron chi connectivity index (χ1n) is 9.34. The van der Waals surface area contributed by atoms with E-state index in [0.717, 1.165) is 29.5 Å². The number of carbonyl (C=O) groups is 1. The van der Waals surface area contributed by atoms with E-state index in [9.17, 15) is 17.6 Å². The third-order valence-corrected chi connectivity index (χ3v) is 6.27. The van der Waals surface area contributed by atoms with Crippen LogP contribution < -0.4 is 9.46 Å². The third-order valence-electron chi connectivity index (χ3n) is 4.58. The molecule has 1 aromatic heterocycles. The number of aryl methyl sites for hydroxylation is 1. The molecule has 0 aliphatic carbocycles. The Balaban J connectivity index is 1.56. The number of aromatic nitrogens is 1. The molecule has 1 N–H and O–H groups in total. The molecule has 6 nitrogen and oxygen atoms in total. The van der Waals surface area contributed by atoms with Gasteiger partial charge < -0.3 is 4.74 Å². The summed E-state index contributed by atoms with van der Waals surface area (Å²) in [6, 6.07) is 13.9. The predicted octanol–water partition coefficient (Wildman–Crippen LogP) is 4.18. The number of nitrogens with one attached hydrogen (secondary N) is 1. The summed E-state index contributed by atoms with van der Waals surface area (Å²) in [4.78, 5) is 16.4. The van der Waals surface area contributed by atoms with Gasteiger partial charge in [-0.3, -0.25) is 9.78 Å². The summed E-state index contributed by atoms with van der Waals surface area (Å²) in [6.45, 7) is -0.0371. The van der Waals surface area contributed by atoms with Crippen molar-refractivity contribution in [3.63, 3.8) is 0 Å². The number of nitrogens with zero attached hydrogens (tertiary/aromatic N) is 1. The van der Waals surface area contributed by atoms with Crippen LogP contribution in [0.3, 0.4) is 0 Å². The van der Waals surface area contributed by atoms with Crippen LogP contribution in [-0.2, 0) is 23.0 Å². The van der Waals surface area contributed by atoms with Gasteiger partial charge in [0.2, 0.25) is 10.0 Å². The maximum absolute atomic E-state index is 13.2. The van der Waals surface area contributed by atoms with E-state index >= 15 is 0 Å². The lowest BCUT2D eigenvalue weighted by atomic mass is 10.1. The van der Waals surface area contributed by atoms with E-state index in [4.69, 9.17) is 16.3 Å². The average molecular weight is 463 g/mol. The molecule has 0 aliphatic rings. The van der Waals surface area contributed by atoms with Crippen molar-refractivity contribution in [1.29, 1.82) is 0 Å². The normalized spacial score (nSPS) is 11.3. The second-order valence-electron chi connectivity index (χ2n) is 6.72. The lowest BCUT2D eigenvalue weighted by Gasteiger charge is -2.08. The van der Waals surface area contributed by atoms with Crippen molar-refractivity contribution < 1.29 is 22.3 Å². The average Bonchev–Trinajstić information content (AvgIpc) is 2.78. The summed E-state index contributed by atoms with van der Waals surface area (Å²) in [7, 11) is -2.28. The van der Waals surface area contributed by atoms with E-state index in [1.54, 1.807) is 19.2 Å². The van der Waals surface area contributed by atoms with Gasteiger partial charge in [0, 0.05) is 19.2 Å². The molecule has 1 heterocycles. The van der Waals surface area contributed by atoms with Crippen LogP contribution in [0.2, 0.25) is 5.02 Å². The monoisotopic (exact) mass is 462 g/mol. The number of benzene rings is 2. The van der Waals surface area contributed by atoms with Gasteiger partial charge in [-0.15, -0.1) is 0 Å². The minimum atomic E-state index is -3.87. The van der Waals surface area contributed by atoms with Gasteiger partial charge in [0.15, 0.2) is 5.78 Å². The molecule has 0 unspecified atom stereocenters. The van der Waals surface area contributed by atoms with Gasteiger partial charge in [-0.25, -0.2) is 17.5 Å². The molecule has 0 saturated carbocycles. The molecular formula is C22H20ClFN2O4S. The lowest BCUT2D eigenvalue weighted by Crippen LogP contribution is -2.23. The number of halogens is 2.